The minimum atomic E-state index is -5.97. The second kappa shape index (κ2) is 5.39. The van der Waals surface area contributed by atoms with E-state index in [1.54, 1.807) is 0 Å². The van der Waals surface area contributed by atoms with E-state index < -0.39 is 23.5 Å². The molecular weight excluding hydrogens is 354 g/mol. The molecule has 1 radical (unpaired) electrons. The van der Waals surface area contributed by atoms with Crippen molar-refractivity contribution < 1.29 is 66.3 Å². The van der Waals surface area contributed by atoms with Crippen molar-refractivity contribution in [2.75, 3.05) is 0 Å². The van der Waals surface area contributed by atoms with Crippen LogP contribution in [0.5, 0.6) is 0 Å². The van der Waals surface area contributed by atoms with Crippen LogP contribution in [-0.4, -0.2) is 0 Å². The molecule has 0 aromatic heterocycles. The Morgan fingerprint density at radius 2 is 0.929 bits per heavy atom. The van der Waals surface area contributed by atoms with Crippen LogP contribution in [0.2, 0.25) is 0 Å². The van der Waals surface area contributed by atoms with Gasteiger partial charge in [-0.1, -0.05) is 0 Å². The molecule has 0 aromatic rings. The number of hydrogen-bond acceptors (Lipinski definition) is 10. The SMILES string of the molecule is O=P([O-])([O-])OP(=O)([O-])OP(=O)([O-])[O-].[Ru+5]. The third kappa shape index (κ3) is 11.1. The van der Waals surface area contributed by atoms with Crippen LogP contribution in [0, 0.1) is 0 Å². The zero-order valence-electron chi connectivity index (χ0n) is 5.78. The molecule has 0 spiro atoms. The molecular formula is O10P3Ru. The van der Waals surface area contributed by atoms with Crippen molar-refractivity contribution in [2.45, 2.75) is 0 Å². The maximum Gasteiger partial charge on any atom is 5.00 e. The molecule has 14 heavy (non-hydrogen) atoms. The van der Waals surface area contributed by atoms with Gasteiger partial charge in [0.25, 0.3) is 7.82 Å². The summed E-state index contributed by atoms with van der Waals surface area (Å²) in [5.74, 6) is 0. The van der Waals surface area contributed by atoms with Gasteiger partial charge in [-0.3, -0.25) is 13.2 Å². The second-order valence-electron chi connectivity index (χ2n) is 1.50. The van der Waals surface area contributed by atoms with Crippen LogP contribution >= 0.6 is 23.5 Å². The Bertz CT molecular complexity index is 277. The average molecular weight is 354 g/mol. The summed E-state index contributed by atoms with van der Waals surface area (Å²) in [4.78, 5) is 48.6. The first-order valence-corrected chi connectivity index (χ1v) is 6.57. The van der Waals surface area contributed by atoms with Crippen molar-refractivity contribution in [3.63, 3.8) is 0 Å². The molecule has 0 atom stereocenters. The Morgan fingerprint density at radius 1 is 0.714 bits per heavy atom. The summed E-state index contributed by atoms with van der Waals surface area (Å²) < 4.78 is 34.7. The van der Waals surface area contributed by atoms with Crippen molar-refractivity contribution in [2.24, 2.45) is 0 Å². The molecule has 10 nitrogen and oxygen atoms in total. The molecule has 0 fully saturated rings. The Morgan fingerprint density at radius 3 is 1.07 bits per heavy atom. The standard InChI is InChI=1S/H5O10P3.Ru/c1-11(2,3)9-13(7,8)10-12(4,5)6;/h(H,7,8)(H2,1,2,3)(H2,4,5,6);/q;+5/p-5. The topological polar surface area (TPSA) is 185 Å². The molecule has 0 heterocycles. The Hall–Kier alpha value is 1.03. The summed E-state index contributed by atoms with van der Waals surface area (Å²) in [7, 11) is -17.9. The summed E-state index contributed by atoms with van der Waals surface area (Å²) in [6.07, 6.45) is 0. The van der Waals surface area contributed by atoms with Crippen molar-refractivity contribution >= 4 is 23.5 Å². The Kier molecular flexibility index (Phi) is 6.71. The van der Waals surface area contributed by atoms with Gasteiger partial charge in [-0.25, -0.2) is 0 Å². The fourth-order valence-electron chi connectivity index (χ4n) is 0.260. The van der Waals surface area contributed by atoms with Crippen molar-refractivity contribution in [3.05, 3.63) is 0 Å². The van der Waals surface area contributed by atoms with Crippen LogP contribution in [0.4, 0.5) is 0 Å². The van der Waals surface area contributed by atoms with Gasteiger partial charge < -0.3 is 33.6 Å². The monoisotopic (exact) mass is 355 g/mol. The van der Waals surface area contributed by atoms with Crippen LogP contribution in [-0.2, 0) is 41.8 Å². The van der Waals surface area contributed by atoms with Gasteiger partial charge in [0.15, 0.2) is 0 Å². The van der Waals surface area contributed by atoms with Crippen LogP contribution in [0.15, 0.2) is 0 Å². The summed E-state index contributed by atoms with van der Waals surface area (Å²) in [5, 5.41) is 0. The minimum Gasteiger partial charge on any atom is -0.790 e. The van der Waals surface area contributed by atoms with Gasteiger partial charge in [0.2, 0.25) is 0 Å². The van der Waals surface area contributed by atoms with Crippen molar-refractivity contribution in [3.8, 4) is 0 Å². The molecule has 0 amide bonds. The van der Waals surface area contributed by atoms with Crippen LogP contribution in [0.3, 0.4) is 0 Å². The largest absolute Gasteiger partial charge is 5.00 e. The van der Waals surface area contributed by atoms with Gasteiger partial charge in [0, 0.05) is 0 Å². The minimum absolute atomic E-state index is 0. The third-order valence-corrected chi connectivity index (χ3v) is 3.60. The van der Waals surface area contributed by atoms with Gasteiger partial charge in [0.05, 0.1) is 15.6 Å². The molecule has 0 unspecified atom stereocenters. The van der Waals surface area contributed by atoms with Crippen LogP contribution < -0.4 is 24.5 Å². The summed E-state index contributed by atoms with van der Waals surface area (Å²) in [6.45, 7) is 0. The first-order chi connectivity index (χ1) is 5.41. The maximum atomic E-state index is 10.1. The molecule has 0 saturated heterocycles. The van der Waals surface area contributed by atoms with E-state index in [1.165, 1.54) is 0 Å². The Balaban J connectivity index is 0. The first-order valence-electron chi connectivity index (χ1n) is 2.19. The van der Waals surface area contributed by atoms with Crippen molar-refractivity contribution in [1.29, 1.82) is 0 Å². The smallest absolute Gasteiger partial charge is 0.790 e. The molecule has 0 aliphatic rings. The average Bonchev–Trinajstić information content (AvgIpc) is 1.43. The molecule has 0 rings (SSSR count). The molecule has 0 bridgehead atoms. The van der Waals surface area contributed by atoms with E-state index in [-0.39, 0.29) is 19.5 Å². The maximum absolute atomic E-state index is 10.1. The fourth-order valence-corrected chi connectivity index (χ4v) is 2.61. The zero-order chi connectivity index (χ0) is 10.9. The fraction of sp³-hybridized carbons (Fsp3) is 0. The molecule has 83 valence electrons. The van der Waals surface area contributed by atoms with E-state index in [0.29, 0.717) is 0 Å². The number of rotatable bonds is 4. The van der Waals surface area contributed by atoms with Gasteiger partial charge in [-0.15, -0.1) is 0 Å². The van der Waals surface area contributed by atoms with Gasteiger partial charge in [-0.2, -0.15) is 0 Å². The third-order valence-electron chi connectivity index (χ3n) is 0.400. The molecule has 0 saturated carbocycles. The van der Waals surface area contributed by atoms with Crippen molar-refractivity contribution in [1.82, 2.24) is 0 Å². The number of phosphoric acid groups is 3. The second-order valence-corrected chi connectivity index (χ2v) is 5.49. The zero-order valence-corrected chi connectivity index (χ0v) is 10.2. The predicted molar refractivity (Wildman–Crippen MR) is 25.0 cm³/mol. The summed E-state index contributed by atoms with van der Waals surface area (Å²) in [5.41, 5.74) is 0. The summed E-state index contributed by atoms with van der Waals surface area (Å²) >= 11 is 0. The van der Waals surface area contributed by atoms with E-state index in [0.717, 1.165) is 0 Å². The van der Waals surface area contributed by atoms with E-state index in [1.807, 2.05) is 0 Å². The quantitative estimate of drug-likeness (QED) is 0.357. The van der Waals surface area contributed by atoms with E-state index in [9.17, 15) is 38.2 Å². The van der Waals surface area contributed by atoms with Crippen LogP contribution in [0.1, 0.15) is 0 Å². The molecule has 0 aliphatic heterocycles. The van der Waals surface area contributed by atoms with Gasteiger partial charge in [0.1, 0.15) is 0 Å². The molecule has 0 aliphatic carbocycles. The van der Waals surface area contributed by atoms with Gasteiger partial charge in [-0.05, 0) is 0 Å². The number of hydrogen-bond donors (Lipinski definition) is 0. The van der Waals surface area contributed by atoms with Gasteiger partial charge >= 0.3 is 19.5 Å². The van der Waals surface area contributed by atoms with E-state index >= 15 is 0 Å². The Labute approximate surface area is 90.1 Å². The summed E-state index contributed by atoms with van der Waals surface area (Å²) in [6, 6.07) is 0. The molecule has 14 heteroatoms. The first kappa shape index (κ1) is 17.4. The molecule has 0 N–H and O–H groups in total. The normalized spacial score (nSPS) is 13.5. The van der Waals surface area contributed by atoms with E-state index in [4.69, 9.17) is 0 Å². The molecule has 0 aromatic carbocycles. The predicted octanol–water partition coefficient (Wildman–Crippen LogP) is -3.86. The van der Waals surface area contributed by atoms with E-state index in [2.05, 4.69) is 8.62 Å². The van der Waals surface area contributed by atoms with Crippen LogP contribution in [0.25, 0.3) is 0 Å².